The lowest BCUT2D eigenvalue weighted by Crippen LogP contribution is -2.30. The number of aryl methyl sites for hydroxylation is 1. The first-order chi connectivity index (χ1) is 7.83. The van der Waals surface area contributed by atoms with E-state index in [4.69, 9.17) is 0 Å². The highest BCUT2D eigenvalue weighted by Crippen LogP contribution is 2.26. The van der Waals surface area contributed by atoms with Crippen LogP contribution in [0.25, 0.3) is 0 Å². The van der Waals surface area contributed by atoms with Gasteiger partial charge >= 0.3 is 0 Å². The normalized spacial score (nSPS) is 15.7. The minimum absolute atomic E-state index is 0.870. The van der Waals surface area contributed by atoms with E-state index in [2.05, 4.69) is 34.4 Å². The highest BCUT2D eigenvalue weighted by Gasteiger charge is 2.27. The van der Waals surface area contributed by atoms with Crippen molar-refractivity contribution >= 4 is 16.5 Å². The van der Waals surface area contributed by atoms with Gasteiger partial charge in [0.15, 0.2) is 5.13 Å². The van der Waals surface area contributed by atoms with E-state index in [1.165, 1.54) is 25.1 Å². The lowest BCUT2D eigenvalue weighted by Gasteiger charge is -2.19. The lowest BCUT2D eigenvalue weighted by molar-refractivity contribution is 0.289. The van der Waals surface area contributed by atoms with Crippen LogP contribution < -0.4 is 5.32 Å². The fraction of sp³-hybridized carbons (Fsp3) is 0.750. The molecular formula is C12H21N3S. The van der Waals surface area contributed by atoms with E-state index in [-0.39, 0.29) is 0 Å². The van der Waals surface area contributed by atoms with E-state index in [0.717, 1.165) is 30.7 Å². The quantitative estimate of drug-likeness (QED) is 0.793. The fourth-order valence-corrected chi connectivity index (χ4v) is 2.72. The van der Waals surface area contributed by atoms with Crippen molar-refractivity contribution in [3.63, 3.8) is 0 Å². The summed E-state index contributed by atoms with van der Waals surface area (Å²) in [6.45, 7) is 7.72. The van der Waals surface area contributed by atoms with Crippen LogP contribution in [0.5, 0.6) is 0 Å². The summed E-state index contributed by atoms with van der Waals surface area (Å²) in [4.78, 5) is 7.06. The van der Waals surface area contributed by atoms with Crippen molar-refractivity contribution in [2.45, 2.75) is 39.2 Å². The van der Waals surface area contributed by atoms with Gasteiger partial charge in [-0.25, -0.2) is 4.98 Å². The lowest BCUT2D eigenvalue weighted by atomic mass is 10.4. The number of anilines is 1. The molecule has 4 heteroatoms. The number of hydrogen-bond acceptors (Lipinski definition) is 4. The van der Waals surface area contributed by atoms with Gasteiger partial charge in [0.1, 0.15) is 0 Å². The maximum Gasteiger partial charge on any atom is 0.182 e. The highest BCUT2D eigenvalue weighted by molar-refractivity contribution is 7.13. The van der Waals surface area contributed by atoms with Crippen LogP contribution in [0, 0.1) is 0 Å². The molecule has 1 fully saturated rings. The van der Waals surface area contributed by atoms with Gasteiger partial charge in [-0.1, -0.05) is 13.8 Å². The minimum Gasteiger partial charge on any atom is -0.360 e. The van der Waals surface area contributed by atoms with Crippen molar-refractivity contribution < 1.29 is 0 Å². The predicted molar refractivity (Wildman–Crippen MR) is 70.3 cm³/mol. The van der Waals surface area contributed by atoms with E-state index in [1.54, 1.807) is 11.3 Å². The van der Waals surface area contributed by atoms with E-state index < -0.39 is 0 Å². The molecule has 1 aliphatic rings. The van der Waals surface area contributed by atoms with Gasteiger partial charge in [-0.3, -0.25) is 4.90 Å². The first-order valence-electron chi connectivity index (χ1n) is 6.25. The Morgan fingerprint density at radius 2 is 2.31 bits per heavy atom. The SMILES string of the molecule is CCc1csc(NCCN(CC)C2CC2)n1. The molecule has 2 rings (SSSR count). The Hall–Kier alpha value is -0.610. The van der Waals surface area contributed by atoms with Gasteiger partial charge in [0.05, 0.1) is 5.69 Å². The zero-order chi connectivity index (χ0) is 11.4. The highest BCUT2D eigenvalue weighted by atomic mass is 32.1. The van der Waals surface area contributed by atoms with Crippen LogP contribution >= 0.6 is 11.3 Å². The van der Waals surface area contributed by atoms with Crippen LogP contribution in [0.3, 0.4) is 0 Å². The summed E-state index contributed by atoms with van der Waals surface area (Å²) in [7, 11) is 0. The molecule has 1 aromatic rings. The largest absolute Gasteiger partial charge is 0.360 e. The zero-order valence-corrected chi connectivity index (χ0v) is 11.0. The van der Waals surface area contributed by atoms with Crippen LogP contribution in [0.1, 0.15) is 32.4 Å². The summed E-state index contributed by atoms with van der Waals surface area (Å²) in [6.07, 6.45) is 3.82. The van der Waals surface area contributed by atoms with Crippen molar-refractivity contribution in [1.82, 2.24) is 9.88 Å². The molecule has 0 aliphatic heterocycles. The van der Waals surface area contributed by atoms with E-state index >= 15 is 0 Å². The Balaban J connectivity index is 1.70. The summed E-state index contributed by atoms with van der Waals surface area (Å²) >= 11 is 1.72. The molecule has 16 heavy (non-hydrogen) atoms. The van der Waals surface area contributed by atoms with Gasteiger partial charge in [0.2, 0.25) is 0 Å². The third-order valence-corrected chi connectivity index (χ3v) is 3.91. The molecule has 1 aromatic heterocycles. The van der Waals surface area contributed by atoms with Crippen LogP contribution in [0.15, 0.2) is 5.38 Å². The topological polar surface area (TPSA) is 28.2 Å². The minimum atomic E-state index is 0.870. The van der Waals surface area contributed by atoms with Crippen LogP contribution in [0.4, 0.5) is 5.13 Å². The number of aromatic nitrogens is 1. The van der Waals surface area contributed by atoms with Gasteiger partial charge in [0.25, 0.3) is 0 Å². The third-order valence-electron chi connectivity index (χ3n) is 3.06. The van der Waals surface area contributed by atoms with E-state index in [1.807, 2.05) is 0 Å². The third kappa shape index (κ3) is 3.19. The molecule has 1 heterocycles. The molecule has 1 N–H and O–H groups in total. The molecule has 0 saturated heterocycles. The molecule has 0 aromatic carbocycles. The summed E-state index contributed by atoms with van der Waals surface area (Å²) in [6, 6.07) is 0.870. The Morgan fingerprint density at radius 3 is 2.88 bits per heavy atom. The fourth-order valence-electron chi connectivity index (χ4n) is 1.90. The number of likely N-dealkylation sites (N-methyl/N-ethyl adjacent to an activating group) is 1. The maximum absolute atomic E-state index is 4.50. The molecule has 0 spiro atoms. The molecule has 1 aliphatic carbocycles. The predicted octanol–water partition coefficient (Wildman–Crippen LogP) is 2.60. The summed E-state index contributed by atoms with van der Waals surface area (Å²) in [5, 5.41) is 6.63. The van der Waals surface area contributed by atoms with Gasteiger partial charge in [-0.2, -0.15) is 0 Å². The Labute approximate surface area is 102 Å². The number of thiazole rings is 1. The second kappa shape index (κ2) is 5.64. The van der Waals surface area contributed by atoms with Gasteiger partial charge in [0, 0.05) is 24.5 Å². The van der Waals surface area contributed by atoms with Crippen molar-refractivity contribution in [3.05, 3.63) is 11.1 Å². The molecule has 0 bridgehead atoms. The van der Waals surface area contributed by atoms with Crippen molar-refractivity contribution in [3.8, 4) is 0 Å². The van der Waals surface area contributed by atoms with Crippen molar-refractivity contribution in [2.75, 3.05) is 25.0 Å². The average Bonchev–Trinajstić information content (AvgIpc) is 3.04. The average molecular weight is 239 g/mol. The molecule has 0 atom stereocenters. The summed E-state index contributed by atoms with van der Waals surface area (Å²) in [5.41, 5.74) is 1.20. The zero-order valence-electron chi connectivity index (χ0n) is 10.2. The first-order valence-corrected chi connectivity index (χ1v) is 7.13. The molecule has 0 amide bonds. The van der Waals surface area contributed by atoms with E-state index in [9.17, 15) is 0 Å². The number of nitrogens with zero attached hydrogens (tertiary/aromatic N) is 2. The standard InChI is InChI=1S/C12H21N3S/c1-3-10-9-16-12(14-10)13-7-8-15(4-2)11-5-6-11/h9,11H,3-8H2,1-2H3,(H,13,14). The molecule has 0 unspecified atom stereocenters. The molecule has 1 saturated carbocycles. The monoisotopic (exact) mass is 239 g/mol. The van der Waals surface area contributed by atoms with Crippen LogP contribution in [-0.2, 0) is 6.42 Å². The summed E-state index contributed by atoms with van der Waals surface area (Å²) in [5.74, 6) is 0. The maximum atomic E-state index is 4.50. The van der Waals surface area contributed by atoms with Crippen LogP contribution in [-0.4, -0.2) is 35.6 Å². The first kappa shape index (κ1) is 11.9. The Morgan fingerprint density at radius 1 is 1.50 bits per heavy atom. The summed E-state index contributed by atoms with van der Waals surface area (Å²) < 4.78 is 0. The molecular weight excluding hydrogens is 218 g/mol. The smallest absolute Gasteiger partial charge is 0.182 e. The number of hydrogen-bond donors (Lipinski definition) is 1. The molecule has 3 nitrogen and oxygen atoms in total. The van der Waals surface area contributed by atoms with Gasteiger partial charge < -0.3 is 5.32 Å². The second-order valence-corrected chi connectivity index (χ2v) is 5.14. The Kier molecular flexibility index (Phi) is 4.18. The second-order valence-electron chi connectivity index (χ2n) is 4.28. The number of nitrogens with one attached hydrogen (secondary N) is 1. The Bertz CT molecular complexity index is 320. The van der Waals surface area contributed by atoms with Crippen molar-refractivity contribution in [1.29, 1.82) is 0 Å². The number of rotatable bonds is 7. The van der Waals surface area contributed by atoms with Crippen molar-refractivity contribution in [2.24, 2.45) is 0 Å². The molecule has 90 valence electrons. The molecule has 0 radical (unpaired) electrons. The van der Waals surface area contributed by atoms with Gasteiger partial charge in [-0.05, 0) is 25.8 Å². The van der Waals surface area contributed by atoms with Crippen LogP contribution in [0.2, 0.25) is 0 Å². The van der Waals surface area contributed by atoms with Gasteiger partial charge in [-0.15, -0.1) is 11.3 Å². The van der Waals surface area contributed by atoms with E-state index in [0.29, 0.717) is 0 Å².